The Morgan fingerprint density at radius 3 is 2.36 bits per heavy atom. The van der Waals surface area contributed by atoms with Crippen molar-refractivity contribution < 1.29 is 19.1 Å². The van der Waals surface area contributed by atoms with Gasteiger partial charge in [0.2, 0.25) is 0 Å². The van der Waals surface area contributed by atoms with Gasteiger partial charge < -0.3 is 20.1 Å². The molecular formula is C32H31BrN2O4. The Hall–Kier alpha value is -3.84. The molecule has 2 atom stereocenters. The van der Waals surface area contributed by atoms with Crippen LogP contribution in [0.5, 0.6) is 11.5 Å². The van der Waals surface area contributed by atoms with E-state index in [4.69, 9.17) is 9.47 Å². The maximum Gasteiger partial charge on any atom is 0.254 e. The lowest BCUT2D eigenvalue weighted by Crippen LogP contribution is -2.37. The molecule has 2 aliphatic rings. The first kappa shape index (κ1) is 26.8. The van der Waals surface area contributed by atoms with Crippen LogP contribution in [0.1, 0.15) is 48.3 Å². The molecule has 1 aliphatic heterocycles. The molecule has 0 unspecified atom stereocenters. The van der Waals surface area contributed by atoms with Crippen LogP contribution < -0.4 is 20.1 Å². The van der Waals surface area contributed by atoms with Crippen molar-refractivity contribution in [3.8, 4) is 11.5 Å². The molecule has 5 rings (SSSR count). The van der Waals surface area contributed by atoms with E-state index in [1.165, 1.54) is 0 Å². The number of carbonyl (C=O) groups is 2. The number of ketones is 1. The summed E-state index contributed by atoms with van der Waals surface area (Å²) in [4.78, 5) is 27.7. The van der Waals surface area contributed by atoms with Gasteiger partial charge in [-0.1, -0.05) is 51.8 Å². The average molecular weight is 588 g/mol. The molecule has 1 amide bonds. The molecule has 1 aliphatic carbocycles. The van der Waals surface area contributed by atoms with Gasteiger partial charge in [-0.2, -0.15) is 0 Å². The van der Waals surface area contributed by atoms with Gasteiger partial charge in [0.05, 0.1) is 14.2 Å². The summed E-state index contributed by atoms with van der Waals surface area (Å²) in [5, 5.41) is 6.49. The second-order valence-corrected chi connectivity index (χ2v) is 10.9. The van der Waals surface area contributed by atoms with Gasteiger partial charge in [0.1, 0.15) is 0 Å². The number of carbonyl (C=O) groups excluding carboxylic acids is 2. The van der Waals surface area contributed by atoms with Crippen LogP contribution in [0.25, 0.3) is 0 Å². The zero-order valence-corrected chi connectivity index (χ0v) is 24.0. The number of halogens is 1. The molecule has 0 saturated carbocycles. The van der Waals surface area contributed by atoms with Crippen molar-refractivity contribution in [3.63, 3.8) is 0 Å². The number of benzene rings is 3. The van der Waals surface area contributed by atoms with Crippen molar-refractivity contribution in [2.75, 3.05) is 19.5 Å². The summed E-state index contributed by atoms with van der Waals surface area (Å²) in [6, 6.07) is 21.3. The van der Waals surface area contributed by atoms with Gasteiger partial charge in [-0.05, 0) is 73.7 Å². The van der Waals surface area contributed by atoms with Crippen molar-refractivity contribution in [2.24, 2.45) is 0 Å². The molecule has 0 spiro atoms. The average Bonchev–Trinajstić information content (AvgIpc) is 2.92. The monoisotopic (exact) mass is 586 g/mol. The molecule has 2 N–H and O–H groups in total. The van der Waals surface area contributed by atoms with E-state index in [9.17, 15) is 9.59 Å². The number of methoxy groups -OCH3 is 2. The number of aryl methyl sites for hydroxylation is 1. The molecule has 3 aromatic rings. The van der Waals surface area contributed by atoms with Crippen molar-refractivity contribution >= 4 is 33.3 Å². The minimum absolute atomic E-state index is 0.0255. The smallest absolute Gasteiger partial charge is 0.254 e. The SMILES string of the molecule is COc1ccc([C@H]2CC(=O)C3=C(C2)NC(C)=C(C(=O)Nc2ccc(C)cc2)[C@@H]3c2cccc(Br)c2)cc1OC. The normalized spacial score (nSPS) is 18.8. The number of nitrogens with one attached hydrogen (secondary N) is 2. The highest BCUT2D eigenvalue weighted by molar-refractivity contribution is 9.10. The number of Topliss-reactive ketones (excluding diaryl/α,β-unsaturated/α-hetero) is 1. The maximum absolute atomic E-state index is 13.9. The zero-order valence-electron chi connectivity index (χ0n) is 22.4. The second kappa shape index (κ2) is 11.1. The minimum atomic E-state index is -0.483. The number of allylic oxidation sites excluding steroid dienone is 3. The van der Waals surface area contributed by atoms with Crippen molar-refractivity contribution in [1.82, 2.24) is 5.32 Å². The van der Waals surface area contributed by atoms with Crippen LogP contribution in [0.2, 0.25) is 0 Å². The Kier molecular flexibility index (Phi) is 7.62. The molecule has 3 aromatic carbocycles. The number of dihydropyridines is 1. The summed E-state index contributed by atoms with van der Waals surface area (Å²) < 4.78 is 11.8. The lowest BCUT2D eigenvalue weighted by Gasteiger charge is -2.37. The fourth-order valence-electron chi connectivity index (χ4n) is 5.54. The van der Waals surface area contributed by atoms with E-state index in [2.05, 4.69) is 26.6 Å². The number of hydrogen-bond acceptors (Lipinski definition) is 5. The molecule has 0 radical (unpaired) electrons. The van der Waals surface area contributed by atoms with Crippen molar-refractivity contribution in [1.29, 1.82) is 0 Å². The molecule has 0 fully saturated rings. The molecule has 0 aromatic heterocycles. The quantitative estimate of drug-likeness (QED) is 0.333. The number of amides is 1. The van der Waals surface area contributed by atoms with Crippen LogP contribution in [0.15, 0.2) is 93.7 Å². The van der Waals surface area contributed by atoms with Crippen LogP contribution in [0.3, 0.4) is 0 Å². The number of hydrogen-bond donors (Lipinski definition) is 2. The number of rotatable bonds is 6. The minimum Gasteiger partial charge on any atom is -0.493 e. The highest BCUT2D eigenvalue weighted by Crippen LogP contribution is 2.46. The van der Waals surface area contributed by atoms with E-state index in [1.54, 1.807) is 14.2 Å². The molecule has 1 heterocycles. The van der Waals surface area contributed by atoms with Crippen LogP contribution in [-0.2, 0) is 9.59 Å². The van der Waals surface area contributed by atoms with E-state index in [0.29, 0.717) is 41.2 Å². The molecule has 0 saturated heterocycles. The van der Waals surface area contributed by atoms with Gasteiger partial charge in [-0.3, -0.25) is 9.59 Å². The predicted molar refractivity (Wildman–Crippen MR) is 156 cm³/mol. The molecule has 200 valence electrons. The van der Waals surface area contributed by atoms with Crippen LogP contribution in [0, 0.1) is 6.92 Å². The van der Waals surface area contributed by atoms with Crippen LogP contribution >= 0.6 is 15.9 Å². The van der Waals surface area contributed by atoms with E-state index < -0.39 is 5.92 Å². The van der Waals surface area contributed by atoms with Crippen molar-refractivity contribution in [2.45, 2.75) is 38.5 Å². The summed E-state index contributed by atoms with van der Waals surface area (Å²) in [5.41, 5.74) is 6.53. The maximum atomic E-state index is 13.9. The summed E-state index contributed by atoms with van der Waals surface area (Å²) in [5.74, 6) is 0.580. The standard InChI is InChI=1S/C32H31BrN2O4/c1-18-8-11-24(12-9-18)35-32(37)29-19(2)34-25-15-22(20-10-13-27(38-3)28(17-20)39-4)16-26(36)31(25)30(29)21-6-5-7-23(33)14-21/h5-14,17,22,30,34H,15-16H2,1-4H3,(H,35,37)/t22-,30+/m1/s1. The third kappa shape index (κ3) is 5.36. The van der Waals surface area contributed by atoms with Crippen molar-refractivity contribution in [3.05, 3.63) is 110 Å². The predicted octanol–water partition coefficient (Wildman–Crippen LogP) is 6.78. The lowest BCUT2D eigenvalue weighted by atomic mass is 9.71. The summed E-state index contributed by atoms with van der Waals surface area (Å²) >= 11 is 3.57. The fraction of sp³-hybridized carbons (Fsp3) is 0.250. The largest absolute Gasteiger partial charge is 0.493 e. The highest BCUT2D eigenvalue weighted by Gasteiger charge is 2.41. The Labute approximate surface area is 237 Å². The van der Waals surface area contributed by atoms with E-state index in [-0.39, 0.29) is 17.6 Å². The highest BCUT2D eigenvalue weighted by atomic mass is 79.9. The first-order chi connectivity index (χ1) is 18.8. The molecular weight excluding hydrogens is 556 g/mol. The third-order valence-electron chi connectivity index (χ3n) is 7.44. The summed E-state index contributed by atoms with van der Waals surface area (Å²) in [7, 11) is 3.21. The molecule has 7 heteroatoms. The van der Waals surface area contributed by atoms with E-state index in [1.807, 2.05) is 80.6 Å². The Morgan fingerprint density at radius 2 is 1.67 bits per heavy atom. The van der Waals surface area contributed by atoms with Gasteiger partial charge in [-0.25, -0.2) is 0 Å². The first-order valence-corrected chi connectivity index (χ1v) is 13.7. The van der Waals surface area contributed by atoms with E-state index >= 15 is 0 Å². The van der Waals surface area contributed by atoms with Gasteiger partial charge >= 0.3 is 0 Å². The summed E-state index contributed by atoms with van der Waals surface area (Å²) in [6.07, 6.45) is 0.984. The zero-order chi connectivity index (χ0) is 27.7. The lowest BCUT2D eigenvalue weighted by molar-refractivity contribution is -0.116. The molecule has 6 nitrogen and oxygen atoms in total. The second-order valence-electron chi connectivity index (χ2n) is 10.0. The Balaban J connectivity index is 1.54. The Bertz CT molecular complexity index is 1510. The van der Waals surface area contributed by atoms with Gasteiger partial charge in [-0.15, -0.1) is 0 Å². The summed E-state index contributed by atoms with van der Waals surface area (Å²) in [6.45, 7) is 3.91. The fourth-order valence-corrected chi connectivity index (χ4v) is 5.95. The first-order valence-electron chi connectivity index (χ1n) is 12.9. The number of anilines is 1. The van der Waals surface area contributed by atoms with Crippen LogP contribution in [0.4, 0.5) is 5.69 Å². The molecule has 39 heavy (non-hydrogen) atoms. The van der Waals surface area contributed by atoms with Gasteiger partial charge in [0.25, 0.3) is 5.91 Å². The topological polar surface area (TPSA) is 76.7 Å². The Morgan fingerprint density at radius 1 is 0.923 bits per heavy atom. The number of ether oxygens (including phenoxy) is 2. The van der Waals surface area contributed by atoms with Gasteiger partial charge in [0, 0.05) is 45.0 Å². The van der Waals surface area contributed by atoms with Gasteiger partial charge in [0.15, 0.2) is 17.3 Å². The molecule has 0 bridgehead atoms. The third-order valence-corrected chi connectivity index (χ3v) is 7.94. The van der Waals surface area contributed by atoms with E-state index in [0.717, 1.165) is 32.6 Å². The van der Waals surface area contributed by atoms with Crippen LogP contribution in [-0.4, -0.2) is 25.9 Å².